The van der Waals surface area contributed by atoms with Crippen LogP contribution in [0.2, 0.25) is 0 Å². The summed E-state index contributed by atoms with van der Waals surface area (Å²) in [5, 5.41) is 0. The molecule has 0 aliphatic carbocycles. The van der Waals surface area contributed by atoms with Crippen LogP contribution >= 0.6 is 17.9 Å². The number of esters is 2. The van der Waals surface area contributed by atoms with Crippen molar-refractivity contribution in [2.24, 2.45) is 0 Å². The zero-order valence-corrected chi connectivity index (χ0v) is 15.4. The van der Waals surface area contributed by atoms with Crippen molar-refractivity contribution in [3.05, 3.63) is 0 Å². The topological polar surface area (TPSA) is 76.7 Å². The van der Waals surface area contributed by atoms with Gasteiger partial charge in [-0.3, -0.25) is 0 Å². The Balaban J connectivity index is 1.89. The van der Waals surface area contributed by atoms with Crippen LogP contribution in [-0.4, -0.2) is 64.9 Å². The quantitative estimate of drug-likeness (QED) is 0.492. The molecule has 0 bridgehead atoms. The van der Waals surface area contributed by atoms with Crippen molar-refractivity contribution >= 4 is 46.0 Å². The fraction of sp³-hybridized carbons (Fsp3) is 0.800. The van der Waals surface area contributed by atoms with Crippen molar-refractivity contribution in [1.29, 1.82) is 0 Å². The zero-order valence-electron chi connectivity index (χ0n) is 10.9. The van der Waals surface area contributed by atoms with E-state index in [-0.39, 0.29) is 24.0 Å². The van der Waals surface area contributed by atoms with Crippen molar-refractivity contribution in [1.82, 2.24) is 7.08 Å². The minimum absolute atomic E-state index is 0.189. The third-order valence-corrected chi connectivity index (χ3v) is 26.5. The molecule has 0 radical (unpaired) electrons. The van der Waals surface area contributed by atoms with Gasteiger partial charge in [0.25, 0.3) is 0 Å². The molecule has 0 saturated carbocycles. The van der Waals surface area contributed by atoms with E-state index in [1.807, 2.05) is 0 Å². The molecule has 0 aromatic carbocycles. The van der Waals surface area contributed by atoms with Crippen LogP contribution in [0, 0.1) is 0 Å². The van der Waals surface area contributed by atoms with Gasteiger partial charge in [0, 0.05) is 0 Å². The first kappa shape index (κ1) is 15.7. The fourth-order valence-corrected chi connectivity index (χ4v) is 27.2. The van der Waals surface area contributed by atoms with Crippen LogP contribution in [0.5, 0.6) is 0 Å². The number of ether oxygens (including phenoxy) is 2. The zero-order chi connectivity index (χ0) is 13.9. The summed E-state index contributed by atoms with van der Waals surface area (Å²) in [6.45, 7) is 4.41. The SMILES string of the molecule is CCOC(=O)C1C[S][Sn]2([NH]1)[NH]C(C(=O)OCC)C[S]2. The third kappa shape index (κ3) is 3.72. The van der Waals surface area contributed by atoms with E-state index < -0.39 is 16.2 Å². The molecule has 2 aliphatic rings. The van der Waals surface area contributed by atoms with Crippen LogP contribution in [0.25, 0.3) is 0 Å². The Morgan fingerprint density at radius 2 is 1.47 bits per heavy atom. The Kier molecular flexibility index (Phi) is 5.70. The van der Waals surface area contributed by atoms with Gasteiger partial charge >= 0.3 is 123 Å². The molecule has 2 heterocycles. The molecule has 0 amide bonds. The van der Waals surface area contributed by atoms with E-state index in [0.29, 0.717) is 13.2 Å². The van der Waals surface area contributed by atoms with Crippen LogP contribution in [0.3, 0.4) is 0 Å². The summed E-state index contributed by atoms with van der Waals surface area (Å²) in [6, 6.07) is -0.469. The summed E-state index contributed by atoms with van der Waals surface area (Å²) in [5.74, 6) is 1.07. The molecule has 2 fully saturated rings. The van der Waals surface area contributed by atoms with Crippen LogP contribution in [0.4, 0.5) is 0 Å². The Morgan fingerprint density at radius 3 is 1.84 bits per heavy atom. The Hall–Kier alpha value is 0.359. The van der Waals surface area contributed by atoms with E-state index in [0.717, 1.165) is 11.5 Å². The second kappa shape index (κ2) is 6.88. The number of rotatable bonds is 4. The van der Waals surface area contributed by atoms with Crippen LogP contribution in [0.1, 0.15) is 13.8 Å². The van der Waals surface area contributed by atoms with Gasteiger partial charge in [-0.1, -0.05) is 0 Å². The molecule has 6 nitrogen and oxygen atoms in total. The second-order valence-electron chi connectivity index (χ2n) is 4.14. The van der Waals surface area contributed by atoms with Gasteiger partial charge in [-0.25, -0.2) is 0 Å². The molecule has 2 aliphatic heterocycles. The normalized spacial score (nSPS) is 33.6. The van der Waals surface area contributed by atoms with Crippen LogP contribution in [0.15, 0.2) is 0 Å². The molecular weight excluding hydrogens is 395 g/mol. The van der Waals surface area contributed by atoms with Crippen LogP contribution < -0.4 is 7.08 Å². The van der Waals surface area contributed by atoms with Gasteiger partial charge in [-0.15, -0.1) is 0 Å². The molecule has 1 spiro atoms. The summed E-state index contributed by atoms with van der Waals surface area (Å²) < 4.78 is 16.9. The summed E-state index contributed by atoms with van der Waals surface area (Å²) in [6.07, 6.45) is 0. The van der Waals surface area contributed by atoms with Gasteiger partial charge in [0.1, 0.15) is 0 Å². The molecule has 2 saturated heterocycles. The molecule has 9 heteroatoms. The summed E-state index contributed by atoms with van der Waals surface area (Å²) in [4.78, 5) is 23.4. The average molecular weight is 413 g/mol. The molecule has 0 aromatic rings. The maximum atomic E-state index is 11.7. The monoisotopic (exact) mass is 414 g/mol. The molecule has 0 aromatic heterocycles. The molecule has 2 unspecified atom stereocenters. The first-order valence-electron chi connectivity index (χ1n) is 6.26. The van der Waals surface area contributed by atoms with E-state index in [1.54, 1.807) is 31.7 Å². The fourth-order valence-electron chi connectivity index (χ4n) is 1.93. The van der Waals surface area contributed by atoms with Crippen molar-refractivity contribution in [3.8, 4) is 0 Å². The number of hydrogen-bond acceptors (Lipinski definition) is 8. The first-order valence-corrected chi connectivity index (χ1v) is 18.1. The number of carbonyl (C=O) groups is 2. The van der Waals surface area contributed by atoms with Gasteiger partial charge in [0.2, 0.25) is 0 Å². The second-order valence-corrected chi connectivity index (χ2v) is 25.4. The van der Waals surface area contributed by atoms with Crippen molar-refractivity contribution in [2.75, 3.05) is 24.7 Å². The predicted molar refractivity (Wildman–Crippen MR) is 77.8 cm³/mol. The Labute approximate surface area is 122 Å². The Morgan fingerprint density at radius 1 is 1.05 bits per heavy atom. The predicted octanol–water partition coefficient (Wildman–Crippen LogP) is -0.0418. The van der Waals surface area contributed by atoms with E-state index in [4.69, 9.17) is 9.47 Å². The molecule has 108 valence electrons. The van der Waals surface area contributed by atoms with Crippen LogP contribution in [-0.2, 0) is 19.1 Å². The van der Waals surface area contributed by atoms with Crippen molar-refractivity contribution < 1.29 is 19.1 Å². The average Bonchev–Trinajstić information content (AvgIpc) is 2.98. The molecule has 19 heavy (non-hydrogen) atoms. The molecule has 2 N–H and O–H groups in total. The molecule has 2 rings (SSSR count). The van der Waals surface area contributed by atoms with Gasteiger partial charge in [-0.05, 0) is 0 Å². The molecule has 2 atom stereocenters. The van der Waals surface area contributed by atoms with Gasteiger partial charge in [0.05, 0.1) is 0 Å². The standard InChI is InChI=1S/2C5H10NO2S.Sn/c2*1-2-8-5(7)4(6)3-9;/h2*4,6,9H,2-3H2,1H3;/q2*-1;+4/p-2. The minimum atomic E-state index is -2.85. The van der Waals surface area contributed by atoms with E-state index >= 15 is 0 Å². The van der Waals surface area contributed by atoms with Gasteiger partial charge < -0.3 is 0 Å². The summed E-state index contributed by atoms with van der Waals surface area (Å²) in [7, 11) is 3.59. The molecular formula is C10H18N2O4S2Sn. The number of hydrogen-bond donors (Lipinski definition) is 2. The number of nitrogens with one attached hydrogen (secondary N) is 2. The van der Waals surface area contributed by atoms with Gasteiger partial charge in [0.15, 0.2) is 0 Å². The summed E-state index contributed by atoms with van der Waals surface area (Å²) >= 11 is -2.85. The van der Waals surface area contributed by atoms with E-state index in [9.17, 15) is 9.59 Å². The Bertz CT molecular complexity index is 337. The summed E-state index contributed by atoms with van der Waals surface area (Å²) in [5.41, 5.74) is 0. The number of carbonyl (C=O) groups excluding carboxylic acids is 2. The third-order valence-electron chi connectivity index (χ3n) is 2.78. The van der Waals surface area contributed by atoms with Gasteiger partial charge in [-0.2, -0.15) is 0 Å². The van der Waals surface area contributed by atoms with Crippen molar-refractivity contribution in [3.63, 3.8) is 0 Å². The first-order chi connectivity index (χ1) is 9.10. The maximum absolute atomic E-state index is 11.7. The van der Waals surface area contributed by atoms with E-state index in [2.05, 4.69) is 7.08 Å². The van der Waals surface area contributed by atoms with Crippen molar-refractivity contribution in [2.45, 2.75) is 25.9 Å². The van der Waals surface area contributed by atoms with E-state index in [1.165, 1.54) is 0 Å².